The molecule has 0 aliphatic heterocycles. The maximum atomic E-state index is 12.5. The van der Waals surface area contributed by atoms with E-state index in [0.29, 0.717) is 38.9 Å². The van der Waals surface area contributed by atoms with E-state index in [1.807, 2.05) is 0 Å². The van der Waals surface area contributed by atoms with E-state index in [1.165, 1.54) is 0 Å². The van der Waals surface area contributed by atoms with E-state index in [0.717, 1.165) is 5.39 Å². The molecule has 4 aromatic rings. The van der Waals surface area contributed by atoms with Crippen molar-refractivity contribution in [2.45, 2.75) is 0 Å². The Morgan fingerprint density at radius 3 is 2.62 bits per heavy atom. The SMILES string of the molecule is Nc1ccccc1NC(=O)c1cccc(OCC(=O)Nc2ccnc3cc(Cl)ccc23)c1. The number of fused-ring (bicyclic) bond motifs is 1. The number of aromatic nitrogens is 1. The lowest BCUT2D eigenvalue weighted by Crippen LogP contribution is -2.20. The summed E-state index contributed by atoms with van der Waals surface area (Å²) in [6.45, 7) is -0.228. The summed E-state index contributed by atoms with van der Waals surface area (Å²) < 4.78 is 5.58. The number of nitrogens with one attached hydrogen (secondary N) is 2. The Balaban J connectivity index is 1.40. The van der Waals surface area contributed by atoms with Gasteiger partial charge in [0, 0.05) is 22.2 Å². The molecular formula is C24H19ClN4O3. The van der Waals surface area contributed by atoms with Gasteiger partial charge < -0.3 is 21.1 Å². The zero-order valence-corrected chi connectivity index (χ0v) is 17.6. The summed E-state index contributed by atoms with van der Waals surface area (Å²) >= 11 is 6.00. The fraction of sp³-hybridized carbons (Fsp3) is 0.0417. The number of carbonyl (C=O) groups excluding carboxylic acids is 2. The molecule has 0 radical (unpaired) electrons. The lowest BCUT2D eigenvalue weighted by Gasteiger charge is -2.11. The number of nitrogen functional groups attached to an aromatic ring is 1. The Labute approximate surface area is 189 Å². The predicted octanol–water partition coefficient (Wildman–Crippen LogP) is 4.74. The summed E-state index contributed by atoms with van der Waals surface area (Å²) in [5, 5.41) is 6.90. The van der Waals surface area contributed by atoms with Crippen molar-refractivity contribution in [1.82, 2.24) is 4.98 Å². The van der Waals surface area contributed by atoms with Crippen molar-refractivity contribution in [2.24, 2.45) is 0 Å². The van der Waals surface area contributed by atoms with E-state index < -0.39 is 0 Å². The topological polar surface area (TPSA) is 106 Å². The number of benzene rings is 3. The molecule has 4 N–H and O–H groups in total. The molecule has 8 heteroatoms. The van der Waals surface area contributed by atoms with Crippen LogP contribution in [0.25, 0.3) is 10.9 Å². The first-order valence-corrected chi connectivity index (χ1v) is 10.1. The molecule has 0 fully saturated rings. The van der Waals surface area contributed by atoms with E-state index >= 15 is 0 Å². The molecule has 0 spiro atoms. The van der Waals surface area contributed by atoms with Crippen molar-refractivity contribution in [3.05, 3.63) is 89.6 Å². The quantitative estimate of drug-likeness (QED) is 0.371. The van der Waals surface area contributed by atoms with Crippen LogP contribution in [0, 0.1) is 0 Å². The molecule has 0 bridgehead atoms. The standard InChI is InChI=1S/C24H19ClN4O3/c25-16-8-9-18-20(10-11-27-22(18)13-16)28-23(30)14-32-17-5-3-4-15(12-17)24(31)29-21-7-2-1-6-19(21)26/h1-13H,14,26H2,(H,29,31)(H,27,28,30). The number of hydrogen-bond acceptors (Lipinski definition) is 5. The molecule has 2 amide bonds. The lowest BCUT2D eigenvalue weighted by molar-refractivity contribution is -0.118. The van der Waals surface area contributed by atoms with Crippen molar-refractivity contribution >= 4 is 51.4 Å². The van der Waals surface area contributed by atoms with Crippen LogP contribution in [-0.4, -0.2) is 23.4 Å². The van der Waals surface area contributed by atoms with E-state index in [9.17, 15) is 9.59 Å². The van der Waals surface area contributed by atoms with E-state index in [4.69, 9.17) is 22.1 Å². The summed E-state index contributed by atoms with van der Waals surface area (Å²) in [4.78, 5) is 29.2. The van der Waals surface area contributed by atoms with Crippen LogP contribution in [0.4, 0.5) is 17.1 Å². The predicted molar refractivity (Wildman–Crippen MR) is 126 cm³/mol. The number of para-hydroxylation sites is 2. The fourth-order valence-corrected chi connectivity index (χ4v) is 3.26. The second kappa shape index (κ2) is 9.36. The van der Waals surface area contributed by atoms with Gasteiger partial charge in [0.15, 0.2) is 6.61 Å². The summed E-state index contributed by atoms with van der Waals surface area (Å²) in [5.41, 5.74) is 8.52. The van der Waals surface area contributed by atoms with Crippen molar-refractivity contribution in [2.75, 3.05) is 23.0 Å². The van der Waals surface area contributed by atoms with Crippen LogP contribution in [0.1, 0.15) is 10.4 Å². The van der Waals surface area contributed by atoms with Crippen LogP contribution in [0.2, 0.25) is 5.02 Å². The molecule has 0 saturated heterocycles. The minimum atomic E-state index is -0.348. The van der Waals surface area contributed by atoms with Gasteiger partial charge in [-0.2, -0.15) is 0 Å². The van der Waals surface area contributed by atoms with Crippen LogP contribution in [0.15, 0.2) is 79.0 Å². The van der Waals surface area contributed by atoms with Crippen molar-refractivity contribution < 1.29 is 14.3 Å². The largest absolute Gasteiger partial charge is 0.484 e. The highest BCUT2D eigenvalue weighted by atomic mass is 35.5. The highest BCUT2D eigenvalue weighted by Gasteiger charge is 2.11. The summed E-state index contributed by atoms with van der Waals surface area (Å²) in [7, 11) is 0. The molecule has 0 atom stereocenters. The van der Waals surface area contributed by atoms with Gasteiger partial charge in [-0.05, 0) is 54.6 Å². The van der Waals surface area contributed by atoms with E-state index in [2.05, 4.69) is 15.6 Å². The van der Waals surface area contributed by atoms with Gasteiger partial charge in [-0.15, -0.1) is 0 Å². The highest BCUT2D eigenvalue weighted by molar-refractivity contribution is 6.31. The molecule has 0 saturated carbocycles. The number of halogens is 1. The molecule has 1 heterocycles. The van der Waals surface area contributed by atoms with Crippen molar-refractivity contribution in [1.29, 1.82) is 0 Å². The molecule has 0 aliphatic rings. The molecule has 0 aliphatic carbocycles. The van der Waals surface area contributed by atoms with Gasteiger partial charge in [-0.1, -0.05) is 29.8 Å². The van der Waals surface area contributed by atoms with Gasteiger partial charge in [-0.3, -0.25) is 14.6 Å². The fourth-order valence-electron chi connectivity index (χ4n) is 3.10. The Morgan fingerprint density at radius 1 is 0.938 bits per heavy atom. The van der Waals surface area contributed by atoms with Crippen LogP contribution < -0.4 is 21.1 Å². The Bertz CT molecular complexity index is 1310. The monoisotopic (exact) mass is 446 g/mol. The number of anilines is 3. The number of pyridine rings is 1. The number of hydrogen-bond donors (Lipinski definition) is 3. The number of ether oxygens (including phenoxy) is 1. The third-order valence-corrected chi connectivity index (χ3v) is 4.89. The average molecular weight is 447 g/mol. The molecule has 3 aromatic carbocycles. The molecule has 4 rings (SSSR count). The molecule has 1 aromatic heterocycles. The Hall–Kier alpha value is -4.10. The van der Waals surface area contributed by atoms with Gasteiger partial charge in [-0.25, -0.2) is 0 Å². The Morgan fingerprint density at radius 2 is 1.78 bits per heavy atom. The minimum absolute atomic E-state index is 0.228. The first-order valence-electron chi connectivity index (χ1n) is 9.72. The molecule has 0 unspecified atom stereocenters. The van der Waals surface area contributed by atoms with Gasteiger partial charge in [0.25, 0.3) is 11.8 Å². The maximum Gasteiger partial charge on any atom is 0.262 e. The van der Waals surface area contributed by atoms with E-state index in [-0.39, 0.29) is 18.4 Å². The third kappa shape index (κ3) is 4.96. The van der Waals surface area contributed by atoms with Crippen LogP contribution in [-0.2, 0) is 4.79 Å². The number of rotatable bonds is 6. The second-order valence-corrected chi connectivity index (χ2v) is 7.36. The summed E-state index contributed by atoms with van der Waals surface area (Å²) in [6.07, 6.45) is 1.59. The third-order valence-electron chi connectivity index (χ3n) is 4.65. The second-order valence-electron chi connectivity index (χ2n) is 6.93. The molecular weight excluding hydrogens is 428 g/mol. The first kappa shape index (κ1) is 21.1. The number of carbonyl (C=O) groups is 2. The molecule has 7 nitrogen and oxygen atoms in total. The summed E-state index contributed by atoms with van der Waals surface area (Å²) in [6, 6.07) is 20.5. The van der Waals surface area contributed by atoms with Gasteiger partial charge >= 0.3 is 0 Å². The normalized spacial score (nSPS) is 10.5. The lowest BCUT2D eigenvalue weighted by atomic mass is 10.2. The van der Waals surface area contributed by atoms with Crippen LogP contribution in [0.3, 0.4) is 0 Å². The van der Waals surface area contributed by atoms with Gasteiger partial charge in [0.2, 0.25) is 0 Å². The van der Waals surface area contributed by atoms with Gasteiger partial charge in [0.1, 0.15) is 5.75 Å². The molecule has 160 valence electrons. The number of nitrogens with two attached hydrogens (primary N) is 1. The van der Waals surface area contributed by atoms with Crippen LogP contribution in [0.5, 0.6) is 5.75 Å². The number of nitrogens with zero attached hydrogens (tertiary/aromatic N) is 1. The maximum absolute atomic E-state index is 12.5. The summed E-state index contributed by atoms with van der Waals surface area (Å²) in [5.74, 6) is -0.292. The highest BCUT2D eigenvalue weighted by Crippen LogP contribution is 2.24. The number of amides is 2. The minimum Gasteiger partial charge on any atom is -0.484 e. The van der Waals surface area contributed by atoms with Crippen molar-refractivity contribution in [3.8, 4) is 5.75 Å². The smallest absolute Gasteiger partial charge is 0.262 e. The Kier molecular flexibility index (Phi) is 6.19. The zero-order valence-electron chi connectivity index (χ0n) is 16.8. The molecule has 32 heavy (non-hydrogen) atoms. The average Bonchev–Trinajstić information content (AvgIpc) is 2.79. The van der Waals surface area contributed by atoms with Gasteiger partial charge in [0.05, 0.1) is 22.6 Å². The van der Waals surface area contributed by atoms with Crippen molar-refractivity contribution in [3.63, 3.8) is 0 Å². The first-order chi connectivity index (χ1) is 15.5. The van der Waals surface area contributed by atoms with E-state index in [1.54, 1.807) is 79.0 Å². The zero-order chi connectivity index (χ0) is 22.5. The van der Waals surface area contributed by atoms with Crippen LogP contribution >= 0.6 is 11.6 Å².